The standard InChI is InChI=1S/C24H25N5O5/c1-16(30)26-14-21-15-29(24(32)34-21)19-6-7-22(27-13-19)33-20-8-10-28(11-9-20)23(31)18-4-2-17(12-25)3-5-18/h2-7,13,20-21H,8-11,14-15H2,1H3,(H,26,30)/t21-/m0/s1. The minimum Gasteiger partial charge on any atom is -0.474 e. The number of cyclic esters (lactones) is 1. The van der Waals surface area contributed by atoms with Crippen LogP contribution in [0.1, 0.15) is 35.7 Å². The predicted molar refractivity (Wildman–Crippen MR) is 121 cm³/mol. The molecule has 4 rings (SSSR count). The van der Waals surface area contributed by atoms with E-state index in [0.29, 0.717) is 55.2 Å². The molecule has 2 aliphatic rings. The highest BCUT2D eigenvalue weighted by molar-refractivity contribution is 5.94. The molecule has 2 aromatic rings. The van der Waals surface area contributed by atoms with Crippen molar-refractivity contribution in [2.24, 2.45) is 0 Å². The maximum absolute atomic E-state index is 12.7. The summed E-state index contributed by atoms with van der Waals surface area (Å²) in [6, 6.07) is 12.1. The minimum atomic E-state index is -0.481. The van der Waals surface area contributed by atoms with Crippen molar-refractivity contribution in [3.63, 3.8) is 0 Å². The fourth-order valence-corrected chi connectivity index (χ4v) is 3.92. The molecule has 0 unspecified atom stereocenters. The van der Waals surface area contributed by atoms with Gasteiger partial charge in [0.2, 0.25) is 11.8 Å². The summed E-state index contributed by atoms with van der Waals surface area (Å²) in [7, 11) is 0. The molecule has 2 fully saturated rings. The number of ether oxygens (including phenoxy) is 2. The monoisotopic (exact) mass is 463 g/mol. The van der Waals surface area contributed by atoms with Crippen molar-refractivity contribution in [1.29, 1.82) is 5.26 Å². The third kappa shape index (κ3) is 5.43. The molecule has 0 aliphatic carbocycles. The number of hydrogen-bond donors (Lipinski definition) is 1. The van der Waals surface area contributed by atoms with Crippen molar-refractivity contribution in [2.45, 2.75) is 32.0 Å². The van der Waals surface area contributed by atoms with Crippen LogP contribution < -0.4 is 15.0 Å². The van der Waals surface area contributed by atoms with Crippen LogP contribution in [0.25, 0.3) is 0 Å². The van der Waals surface area contributed by atoms with Gasteiger partial charge in [0.1, 0.15) is 12.2 Å². The molecule has 10 heteroatoms. The van der Waals surface area contributed by atoms with Crippen LogP contribution in [-0.4, -0.2) is 66.2 Å². The molecule has 0 spiro atoms. The van der Waals surface area contributed by atoms with E-state index in [1.807, 2.05) is 6.07 Å². The number of hydrogen-bond acceptors (Lipinski definition) is 7. The molecule has 2 aliphatic heterocycles. The zero-order chi connectivity index (χ0) is 24.1. The van der Waals surface area contributed by atoms with Gasteiger partial charge in [-0.05, 0) is 30.3 Å². The van der Waals surface area contributed by atoms with Crippen LogP contribution >= 0.6 is 0 Å². The number of carbonyl (C=O) groups is 3. The number of amides is 3. The van der Waals surface area contributed by atoms with Crippen molar-refractivity contribution in [1.82, 2.24) is 15.2 Å². The number of benzene rings is 1. The van der Waals surface area contributed by atoms with Crippen molar-refractivity contribution < 1.29 is 23.9 Å². The van der Waals surface area contributed by atoms with E-state index < -0.39 is 12.2 Å². The van der Waals surface area contributed by atoms with Gasteiger partial charge in [-0.25, -0.2) is 9.78 Å². The summed E-state index contributed by atoms with van der Waals surface area (Å²) in [4.78, 5) is 43.4. The first kappa shape index (κ1) is 23.0. The lowest BCUT2D eigenvalue weighted by molar-refractivity contribution is -0.119. The van der Waals surface area contributed by atoms with E-state index in [-0.39, 0.29) is 24.5 Å². The second kappa shape index (κ2) is 10.2. The van der Waals surface area contributed by atoms with Crippen LogP contribution in [0, 0.1) is 11.3 Å². The first-order chi connectivity index (χ1) is 16.4. The summed E-state index contributed by atoms with van der Waals surface area (Å²) in [6.07, 6.45) is 1.95. The molecule has 3 heterocycles. The van der Waals surface area contributed by atoms with Gasteiger partial charge in [-0.15, -0.1) is 0 Å². The Morgan fingerprint density at radius 3 is 2.56 bits per heavy atom. The lowest BCUT2D eigenvalue weighted by Gasteiger charge is -2.32. The van der Waals surface area contributed by atoms with Gasteiger partial charge in [-0.3, -0.25) is 14.5 Å². The van der Waals surface area contributed by atoms with E-state index in [1.165, 1.54) is 11.8 Å². The first-order valence-corrected chi connectivity index (χ1v) is 11.1. The number of pyridine rings is 1. The second-order valence-corrected chi connectivity index (χ2v) is 8.21. The Morgan fingerprint density at radius 2 is 1.94 bits per heavy atom. The molecule has 2 saturated heterocycles. The highest BCUT2D eigenvalue weighted by Crippen LogP contribution is 2.24. The molecule has 176 valence electrons. The van der Waals surface area contributed by atoms with Crippen molar-refractivity contribution in [2.75, 3.05) is 31.1 Å². The third-order valence-corrected chi connectivity index (χ3v) is 5.76. The smallest absolute Gasteiger partial charge is 0.414 e. The highest BCUT2D eigenvalue weighted by atomic mass is 16.6. The summed E-state index contributed by atoms with van der Waals surface area (Å²) >= 11 is 0. The van der Waals surface area contributed by atoms with Crippen LogP contribution in [0.4, 0.5) is 10.5 Å². The Kier molecular flexibility index (Phi) is 6.92. The molecular formula is C24H25N5O5. The highest BCUT2D eigenvalue weighted by Gasteiger charge is 2.32. The summed E-state index contributed by atoms with van der Waals surface area (Å²) in [5.74, 6) is 0.213. The van der Waals surface area contributed by atoms with E-state index in [4.69, 9.17) is 14.7 Å². The maximum atomic E-state index is 12.7. The normalized spacial score (nSPS) is 18.2. The van der Waals surface area contributed by atoms with Crippen LogP contribution in [0.15, 0.2) is 42.6 Å². The topological polar surface area (TPSA) is 125 Å². The van der Waals surface area contributed by atoms with E-state index in [9.17, 15) is 14.4 Å². The van der Waals surface area contributed by atoms with Crippen LogP contribution in [0.3, 0.4) is 0 Å². The number of rotatable bonds is 6. The summed E-state index contributed by atoms with van der Waals surface area (Å²) in [5, 5.41) is 11.5. The van der Waals surface area contributed by atoms with E-state index >= 15 is 0 Å². The fraction of sp³-hybridized carbons (Fsp3) is 0.375. The number of aromatic nitrogens is 1. The van der Waals surface area contributed by atoms with E-state index in [1.54, 1.807) is 47.5 Å². The maximum Gasteiger partial charge on any atom is 0.414 e. The third-order valence-electron chi connectivity index (χ3n) is 5.76. The molecule has 0 radical (unpaired) electrons. The number of nitrogens with zero attached hydrogens (tertiary/aromatic N) is 4. The molecule has 3 amide bonds. The Balaban J connectivity index is 1.27. The van der Waals surface area contributed by atoms with Crippen molar-refractivity contribution in [3.8, 4) is 11.9 Å². The lowest BCUT2D eigenvalue weighted by Crippen LogP contribution is -2.41. The average molecular weight is 463 g/mol. The van der Waals surface area contributed by atoms with Gasteiger partial charge in [0, 0.05) is 44.5 Å². The summed E-state index contributed by atoms with van der Waals surface area (Å²) in [6.45, 7) is 3.13. The van der Waals surface area contributed by atoms with Crippen LogP contribution in [-0.2, 0) is 9.53 Å². The molecule has 34 heavy (non-hydrogen) atoms. The van der Waals surface area contributed by atoms with Gasteiger partial charge >= 0.3 is 6.09 Å². The molecule has 10 nitrogen and oxygen atoms in total. The molecule has 1 atom stereocenters. The number of nitriles is 1. The SMILES string of the molecule is CC(=O)NC[C@H]1CN(c2ccc(OC3CCN(C(=O)c4ccc(C#N)cc4)CC3)nc2)C(=O)O1. The number of likely N-dealkylation sites (tertiary alicyclic amines) is 1. The Hall–Kier alpha value is -4.13. The Labute approximate surface area is 197 Å². The number of nitrogens with one attached hydrogen (secondary N) is 1. The van der Waals surface area contributed by atoms with Crippen LogP contribution in [0.5, 0.6) is 5.88 Å². The summed E-state index contributed by atoms with van der Waals surface area (Å²) in [5.41, 5.74) is 1.68. The predicted octanol–water partition coefficient (Wildman–Crippen LogP) is 2.10. The zero-order valence-electron chi connectivity index (χ0n) is 18.8. The van der Waals surface area contributed by atoms with Gasteiger partial charge in [0.15, 0.2) is 0 Å². The Morgan fingerprint density at radius 1 is 1.21 bits per heavy atom. The zero-order valence-corrected chi connectivity index (χ0v) is 18.8. The quantitative estimate of drug-likeness (QED) is 0.695. The van der Waals surface area contributed by atoms with Crippen molar-refractivity contribution >= 4 is 23.6 Å². The van der Waals surface area contributed by atoms with E-state index in [2.05, 4.69) is 10.3 Å². The number of carbonyl (C=O) groups excluding carboxylic acids is 3. The molecule has 0 bridgehead atoms. The summed E-state index contributed by atoms with van der Waals surface area (Å²) < 4.78 is 11.3. The first-order valence-electron chi connectivity index (χ1n) is 11.1. The fourth-order valence-electron chi connectivity index (χ4n) is 3.92. The molecule has 1 aromatic carbocycles. The van der Waals surface area contributed by atoms with Gasteiger partial charge in [0.25, 0.3) is 5.91 Å². The average Bonchev–Trinajstić information content (AvgIpc) is 3.24. The van der Waals surface area contributed by atoms with Crippen molar-refractivity contribution in [3.05, 3.63) is 53.7 Å². The second-order valence-electron chi connectivity index (χ2n) is 8.21. The number of piperidine rings is 1. The van der Waals surface area contributed by atoms with Gasteiger partial charge in [0.05, 0.1) is 36.6 Å². The molecular weight excluding hydrogens is 438 g/mol. The molecule has 0 saturated carbocycles. The number of anilines is 1. The van der Waals surface area contributed by atoms with Gasteiger partial charge in [-0.1, -0.05) is 0 Å². The van der Waals surface area contributed by atoms with Crippen LogP contribution in [0.2, 0.25) is 0 Å². The van der Waals surface area contributed by atoms with Gasteiger partial charge < -0.3 is 19.7 Å². The lowest BCUT2D eigenvalue weighted by atomic mass is 10.1. The minimum absolute atomic E-state index is 0.0558. The Bertz CT molecular complexity index is 1090. The largest absolute Gasteiger partial charge is 0.474 e. The van der Waals surface area contributed by atoms with Gasteiger partial charge in [-0.2, -0.15) is 5.26 Å². The molecule has 1 N–H and O–H groups in total. The molecule has 1 aromatic heterocycles. The van der Waals surface area contributed by atoms with E-state index in [0.717, 1.165) is 0 Å².